The van der Waals surface area contributed by atoms with Crippen molar-refractivity contribution in [1.82, 2.24) is 9.55 Å². The summed E-state index contributed by atoms with van der Waals surface area (Å²) in [5.41, 5.74) is 2.04. The molecule has 0 amide bonds. The van der Waals surface area contributed by atoms with Gasteiger partial charge in [0.1, 0.15) is 5.82 Å². The molecule has 1 heterocycles. The third-order valence-corrected chi connectivity index (χ3v) is 4.03. The molecule has 0 radical (unpaired) electrons. The van der Waals surface area contributed by atoms with Crippen molar-refractivity contribution in [2.45, 2.75) is 24.9 Å². The Morgan fingerprint density at radius 2 is 2.15 bits per heavy atom. The first kappa shape index (κ1) is 16.0. The van der Waals surface area contributed by atoms with E-state index in [0.29, 0.717) is 13.2 Å². The summed E-state index contributed by atoms with van der Waals surface area (Å²) in [7, 11) is 3.36. The molecule has 0 aliphatic rings. The van der Waals surface area contributed by atoms with E-state index in [1.54, 1.807) is 14.2 Å². The summed E-state index contributed by atoms with van der Waals surface area (Å²) in [5.74, 6) is 0.863. The molecule has 0 aliphatic carbocycles. The van der Waals surface area contributed by atoms with Gasteiger partial charge in [-0.3, -0.25) is 0 Å². The lowest BCUT2D eigenvalue weighted by Gasteiger charge is -2.18. The third-order valence-electron chi connectivity index (χ3n) is 3.17. The molecule has 2 unspecified atom stereocenters. The van der Waals surface area contributed by atoms with E-state index in [1.165, 1.54) is 0 Å². The first-order valence-electron chi connectivity index (χ1n) is 6.38. The van der Waals surface area contributed by atoms with Crippen molar-refractivity contribution in [1.29, 1.82) is 0 Å². The lowest BCUT2D eigenvalue weighted by Crippen LogP contribution is -2.24. The maximum Gasteiger partial charge on any atom is 0.127 e. The molecule has 0 spiro atoms. The lowest BCUT2D eigenvalue weighted by molar-refractivity contribution is 0.0185. The molecule has 20 heavy (non-hydrogen) atoms. The van der Waals surface area contributed by atoms with Gasteiger partial charge in [0.2, 0.25) is 0 Å². The number of imidazole rings is 1. The molecule has 6 heteroatoms. The fraction of sp³-hybridized carbons (Fsp3) is 0.500. The molecular weight excluding hydrogens is 391 g/mol. The maximum atomic E-state index is 6.27. The van der Waals surface area contributed by atoms with Crippen molar-refractivity contribution in [3.05, 3.63) is 27.6 Å². The zero-order valence-corrected chi connectivity index (χ0v) is 14.7. The average molecular weight is 409 g/mol. The standard InChI is InChI=1S/C14H18ClIN2O2/c1-9(15)14-17-12-6-10(16)4-5-13(12)18(14)7-11(20-3)8-19-2/h4-6,9,11H,7-8H2,1-3H3. The molecule has 0 saturated heterocycles. The molecule has 1 aromatic carbocycles. The van der Waals surface area contributed by atoms with Crippen molar-refractivity contribution in [3.8, 4) is 0 Å². The highest BCUT2D eigenvalue weighted by atomic mass is 127. The van der Waals surface area contributed by atoms with Crippen LogP contribution in [0.1, 0.15) is 18.1 Å². The van der Waals surface area contributed by atoms with Gasteiger partial charge in [-0.1, -0.05) is 0 Å². The van der Waals surface area contributed by atoms with Gasteiger partial charge in [0.15, 0.2) is 0 Å². The lowest BCUT2D eigenvalue weighted by atomic mass is 10.3. The molecule has 2 rings (SSSR count). The Labute approximate surface area is 137 Å². The molecule has 0 N–H and O–H groups in total. The van der Waals surface area contributed by atoms with Gasteiger partial charge in [-0.15, -0.1) is 11.6 Å². The van der Waals surface area contributed by atoms with E-state index in [9.17, 15) is 0 Å². The smallest absolute Gasteiger partial charge is 0.127 e. The Balaban J connectivity index is 2.45. The van der Waals surface area contributed by atoms with Gasteiger partial charge >= 0.3 is 0 Å². The maximum absolute atomic E-state index is 6.27. The summed E-state index contributed by atoms with van der Waals surface area (Å²) in [6.45, 7) is 3.15. The van der Waals surface area contributed by atoms with Crippen LogP contribution in [0.3, 0.4) is 0 Å². The van der Waals surface area contributed by atoms with Gasteiger partial charge in [-0.2, -0.15) is 0 Å². The number of ether oxygens (including phenoxy) is 2. The Hall–Kier alpha value is -0.370. The molecule has 0 saturated carbocycles. The minimum Gasteiger partial charge on any atom is -0.382 e. The summed E-state index contributed by atoms with van der Waals surface area (Å²) >= 11 is 8.55. The van der Waals surface area contributed by atoms with E-state index in [0.717, 1.165) is 20.4 Å². The Bertz CT molecular complexity index is 586. The largest absolute Gasteiger partial charge is 0.382 e. The highest BCUT2D eigenvalue weighted by molar-refractivity contribution is 14.1. The first-order valence-corrected chi connectivity index (χ1v) is 7.89. The Morgan fingerprint density at radius 3 is 2.75 bits per heavy atom. The number of methoxy groups -OCH3 is 2. The van der Waals surface area contributed by atoms with Crippen LogP contribution in [0.5, 0.6) is 0 Å². The SMILES string of the molecule is COCC(Cn1c(C(C)Cl)nc2cc(I)ccc21)OC. The third kappa shape index (κ3) is 3.44. The van der Waals surface area contributed by atoms with Gasteiger partial charge in [0.25, 0.3) is 0 Å². The van der Waals surface area contributed by atoms with E-state index in [-0.39, 0.29) is 11.5 Å². The van der Waals surface area contributed by atoms with Crippen LogP contribution >= 0.6 is 34.2 Å². The molecule has 0 fully saturated rings. The molecule has 0 aliphatic heterocycles. The number of halogens is 2. The van der Waals surface area contributed by atoms with E-state index in [4.69, 9.17) is 21.1 Å². The van der Waals surface area contributed by atoms with E-state index >= 15 is 0 Å². The molecule has 110 valence electrons. The summed E-state index contributed by atoms with van der Waals surface area (Å²) in [4.78, 5) is 4.65. The number of hydrogen-bond donors (Lipinski definition) is 0. The molecule has 2 aromatic rings. The molecule has 0 bridgehead atoms. The second-order valence-corrected chi connectivity index (χ2v) is 6.54. The van der Waals surface area contributed by atoms with Crippen molar-refractivity contribution in [2.75, 3.05) is 20.8 Å². The van der Waals surface area contributed by atoms with Crippen molar-refractivity contribution >= 4 is 45.2 Å². The van der Waals surface area contributed by atoms with Crippen LogP contribution in [0.15, 0.2) is 18.2 Å². The van der Waals surface area contributed by atoms with Gasteiger partial charge < -0.3 is 14.0 Å². The number of nitrogens with zero attached hydrogens (tertiary/aromatic N) is 2. The second-order valence-electron chi connectivity index (χ2n) is 4.64. The van der Waals surface area contributed by atoms with Crippen LogP contribution < -0.4 is 0 Å². The van der Waals surface area contributed by atoms with Gasteiger partial charge in [-0.25, -0.2) is 4.98 Å². The van der Waals surface area contributed by atoms with Crippen LogP contribution in [0, 0.1) is 3.57 Å². The fourth-order valence-corrected chi connectivity index (χ4v) is 2.84. The number of benzene rings is 1. The summed E-state index contributed by atoms with van der Waals surface area (Å²) in [6, 6.07) is 6.21. The number of fused-ring (bicyclic) bond motifs is 1. The number of rotatable bonds is 6. The molecule has 1 aromatic heterocycles. The molecule has 4 nitrogen and oxygen atoms in total. The molecule has 2 atom stereocenters. The van der Waals surface area contributed by atoms with Crippen LogP contribution in [0.25, 0.3) is 11.0 Å². The van der Waals surface area contributed by atoms with Gasteiger partial charge in [-0.05, 0) is 47.7 Å². The quantitative estimate of drug-likeness (QED) is 0.541. The van der Waals surface area contributed by atoms with Gasteiger partial charge in [0.05, 0.1) is 35.7 Å². The highest BCUT2D eigenvalue weighted by Crippen LogP contribution is 2.26. The number of hydrogen-bond acceptors (Lipinski definition) is 3. The molecular formula is C14H18ClIN2O2. The van der Waals surface area contributed by atoms with E-state index in [2.05, 4.69) is 50.3 Å². The van der Waals surface area contributed by atoms with Crippen LogP contribution in [-0.4, -0.2) is 36.5 Å². The first-order chi connectivity index (χ1) is 9.56. The zero-order chi connectivity index (χ0) is 14.7. The van der Waals surface area contributed by atoms with Crippen molar-refractivity contribution < 1.29 is 9.47 Å². The Kier molecular flexibility index (Phi) is 5.65. The van der Waals surface area contributed by atoms with E-state index < -0.39 is 0 Å². The predicted molar refractivity (Wildman–Crippen MR) is 89.4 cm³/mol. The monoisotopic (exact) mass is 408 g/mol. The summed E-state index contributed by atoms with van der Waals surface area (Å²) in [5, 5.41) is -0.153. The summed E-state index contributed by atoms with van der Waals surface area (Å²) in [6.07, 6.45) is -0.0224. The zero-order valence-electron chi connectivity index (χ0n) is 11.8. The van der Waals surface area contributed by atoms with Crippen molar-refractivity contribution in [3.63, 3.8) is 0 Å². The van der Waals surface area contributed by atoms with Gasteiger partial charge in [0, 0.05) is 17.8 Å². The minimum atomic E-state index is -0.153. The van der Waals surface area contributed by atoms with Crippen LogP contribution in [-0.2, 0) is 16.0 Å². The topological polar surface area (TPSA) is 36.3 Å². The van der Waals surface area contributed by atoms with Crippen molar-refractivity contribution in [2.24, 2.45) is 0 Å². The number of alkyl halides is 1. The Morgan fingerprint density at radius 1 is 1.40 bits per heavy atom. The predicted octanol–water partition coefficient (Wildman–Crippen LogP) is 3.60. The fourth-order valence-electron chi connectivity index (χ4n) is 2.20. The second kappa shape index (κ2) is 7.06. The van der Waals surface area contributed by atoms with Crippen LogP contribution in [0.2, 0.25) is 0 Å². The van der Waals surface area contributed by atoms with E-state index in [1.807, 2.05) is 6.92 Å². The average Bonchev–Trinajstić information content (AvgIpc) is 2.76. The highest BCUT2D eigenvalue weighted by Gasteiger charge is 2.18. The summed E-state index contributed by atoms with van der Waals surface area (Å²) < 4.78 is 13.9. The normalized spacial score (nSPS) is 14.7. The number of aromatic nitrogens is 2. The van der Waals surface area contributed by atoms with Crippen LogP contribution in [0.4, 0.5) is 0 Å². The minimum absolute atomic E-state index is 0.0224.